The fourth-order valence-electron chi connectivity index (χ4n) is 3.78. The van der Waals surface area contributed by atoms with E-state index in [0.717, 1.165) is 16.9 Å². The maximum Gasteiger partial charge on any atom is 0.329 e. The molecule has 1 unspecified atom stereocenters. The third-order valence-electron chi connectivity index (χ3n) is 5.40. The lowest BCUT2D eigenvalue weighted by Gasteiger charge is -2.24. The summed E-state index contributed by atoms with van der Waals surface area (Å²) in [5, 5.41) is 5.66. The van der Waals surface area contributed by atoms with Gasteiger partial charge in [-0.1, -0.05) is 49.4 Å². The number of nitrogens with one attached hydrogen (secondary N) is 3. The highest BCUT2D eigenvalue weighted by atomic mass is 16.5. The summed E-state index contributed by atoms with van der Waals surface area (Å²) >= 11 is 0. The molecule has 2 aromatic rings. The van der Waals surface area contributed by atoms with Crippen molar-refractivity contribution in [2.24, 2.45) is 0 Å². The van der Waals surface area contributed by atoms with Crippen LogP contribution in [0.15, 0.2) is 54.6 Å². The number of benzene rings is 2. The highest BCUT2D eigenvalue weighted by molar-refractivity contribution is 6.07. The minimum Gasteiger partial charge on any atom is -0.495 e. The number of imide groups is 1. The zero-order valence-corrected chi connectivity index (χ0v) is 18.1. The molecule has 1 fully saturated rings. The zero-order valence-electron chi connectivity index (χ0n) is 18.1. The molecular formula is C23H29N4O4+. The molecule has 2 aromatic carbocycles. The molecule has 3 N–H and O–H groups in total. The van der Waals surface area contributed by atoms with Crippen molar-refractivity contribution in [1.82, 2.24) is 10.2 Å². The summed E-state index contributed by atoms with van der Waals surface area (Å²) in [5.41, 5.74) is 0.189. The van der Waals surface area contributed by atoms with Crippen molar-refractivity contribution in [2.75, 3.05) is 32.2 Å². The van der Waals surface area contributed by atoms with E-state index in [-0.39, 0.29) is 25.0 Å². The molecule has 8 heteroatoms. The fourth-order valence-corrected chi connectivity index (χ4v) is 3.78. The van der Waals surface area contributed by atoms with Crippen molar-refractivity contribution >= 4 is 23.5 Å². The normalized spacial score (nSPS) is 19.1. The van der Waals surface area contributed by atoms with Gasteiger partial charge in [0.05, 0.1) is 19.3 Å². The number of amides is 4. The second-order valence-electron chi connectivity index (χ2n) is 7.74. The number of quaternary nitrogens is 1. The Hall–Kier alpha value is -3.39. The first-order valence-corrected chi connectivity index (χ1v) is 10.3. The summed E-state index contributed by atoms with van der Waals surface area (Å²) < 4.78 is 5.27. The van der Waals surface area contributed by atoms with Crippen LogP contribution in [0.1, 0.15) is 25.8 Å². The molecule has 1 aliphatic rings. The van der Waals surface area contributed by atoms with Crippen LogP contribution >= 0.6 is 0 Å². The van der Waals surface area contributed by atoms with E-state index in [1.807, 2.05) is 49.4 Å². The number of para-hydroxylation sites is 2. The minimum atomic E-state index is -1.12. The third kappa shape index (κ3) is 4.86. The molecule has 0 saturated carbocycles. The SMILES string of the molecule is CCC[NH+](CC(=O)Nc1ccccc1OC)CN1C(=O)N[C@](C)(c2ccccc2)C1=O. The molecule has 4 amide bonds. The Morgan fingerprint density at radius 3 is 2.48 bits per heavy atom. The Labute approximate surface area is 182 Å². The van der Waals surface area contributed by atoms with Crippen molar-refractivity contribution in [2.45, 2.75) is 25.8 Å². The molecular weight excluding hydrogens is 396 g/mol. The molecule has 164 valence electrons. The fraction of sp³-hybridized carbons (Fsp3) is 0.348. The summed E-state index contributed by atoms with van der Waals surface area (Å²) in [6, 6.07) is 15.9. The van der Waals surface area contributed by atoms with Crippen molar-refractivity contribution in [3.8, 4) is 5.75 Å². The van der Waals surface area contributed by atoms with E-state index in [4.69, 9.17) is 4.74 Å². The van der Waals surface area contributed by atoms with Crippen LogP contribution in [0.5, 0.6) is 5.75 Å². The lowest BCUT2D eigenvalue weighted by atomic mass is 9.92. The van der Waals surface area contributed by atoms with Crippen LogP contribution in [0.25, 0.3) is 0 Å². The lowest BCUT2D eigenvalue weighted by Crippen LogP contribution is -3.14. The van der Waals surface area contributed by atoms with Crippen LogP contribution in [0.3, 0.4) is 0 Å². The topological polar surface area (TPSA) is 92.2 Å². The molecule has 2 atom stereocenters. The number of rotatable bonds is 9. The van der Waals surface area contributed by atoms with Crippen LogP contribution in [-0.2, 0) is 15.1 Å². The molecule has 1 saturated heterocycles. The predicted octanol–water partition coefficient (Wildman–Crippen LogP) is 1.35. The largest absolute Gasteiger partial charge is 0.495 e. The monoisotopic (exact) mass is 425 g/mol. The number of hydrogen-bond acceptors (Lipinski definition) is 4. The van der Waals surface area contributed by atoms with E-state index < -0.39 is 11.6 Å². The Kier molecular flexibility index (Phi) is 6.91. The van der Waals surface area contributed by atoms with Gasteiger partial charge in [0.1, 0.15) is 11.3 Å². The first-order chi connectivity index (χ1) is 14.9. The van der Waals surface area contributed by atoms with E-state index in [2.05, 4.69) is 10.6 Å². The predicted molar refractivity (Wildman–Crippen MR) is 117 cm³/mol. The van der Waals surface area contributed by atoms with Gasteiger partial charge in [-0.15, -0.1) is 0 Å². The van der Waals surface area contributed by atoms with E-state index in [9.17, 15) is 14.4 Å². The molecule has 1 aliphatic heterocycles. The average molecular weight is 426 g/mol. The second kappa shape index (κ2) is 9.61. The molecule has 0 spiro atoms. The van der Waals surface area contributed by atoms with Gasteiger partial charge < -0.3 is 20.3 Å². The van der Waals surface area contributed by atoms with Gasteiger partial charge in [-0.2, -0.15) is 0 Å². The number of carbonyl (C=O) groups excluding carboxylic acids is 3. The number of anilines is 1. The molecule has 8 nitrogen and oxygen atoms in total. The Morgan fingerprint density at radius 1 is 1.13 bits per heavy atom. The first kappa shape index (κ1) is 22.3. The number of urea groups is 1. The second-order valence-corrected chi connectivity index (χ2v) is 7.74. The van der Waals surface area contributed by atoms with Crippen LogP contribution in [-0.4, -0.2) is 49.6 Å². The average Bonchev–Trinajstić information content (AvgIpc) is 2.98. The lowest BCUT2D eigenvalue weighted by molar-refractivity contribution is -0.899. The van der Waals surface area contributed by atoms with Crippen molar-refractivity contribution in [3.05, 3.63) is 60.2 Å². The van der Waals surface area contributed by atoms with Crippen molar-refractivity contribution in [3.63, 3.8) is 0 Å². The third-order valence-corrected chi connectivity index (χ3v) is 5.40. The van der Waals surface area contributed by atoms with Crippen molar-refractivity contribution in [1.29, 1.82) is 0 Å². The van der Waals surface area contributed by atoms with Crippen LogP contribution < -0.4 is 20.3 Å². The van der Waals surface area contributed by atoms with Gasteiger partial charge in [-0.3, -0.25) is 9.59 Å². The van der Waals surface area contributed by atoms with Gasteiger partial charge in [-0.25, -0.2) is 9.69 Å². The van der Waals surface area contributed by atoms with Gasteiger partial charge in [0, 0.05) is 0 Å². The van der Waals surface area contributed by atoms with E-state index in [1.54, 1.807) is 26.2 Å². The highest BCUT2D eigenvalue weighted by Crippen LogP contribution is 2.28. The molecule has 3 rings (SSSR count). The van der Waals surface area contributed by atoms with Crippen LogP contribution in [0, 0.1) is 0 Å². The smallest absolute Gasteiger partial charge is 0.329 e. The van der Waals surface area contributed by atoms with E-state index in [0.29, 0.717) is 18.0 Å². The summed E-state index contributed by atoms with van der Waals surface area (Å²) in [6.45, 7) is 4.57. The summed E-state index contributed by atoms with van der Waals surface area (Å²) in [7, 11) is 1.54. The van der Waals surface area contributed by atoms with Gasteiger partial charge in [-0.05, 0) is 31.0 Å². The molecule has 1 heterocycles. The van der Waals surface area contributed by atoms with Crippen molar-refractivity contribution < 1.29 is 24.0 Å². The molecule has 31 heavy (non-hydrogen) atoms. The first-order valence-electron chi connectivity index (χ1n) is 10.3. The molecule has 0 aromatic heterocycles. The standard InChI is InChI=1S/C23H28N4O4/c1-4-14-26(15-20(28)24-18-12-8-9-13-19(18)31-3)16-27-21(29)23(2,25-22(27)30)17-10-6-5-7-11-17/h5-13H,4,14-16H2,1-3H3,(H,24,28)(H,25,30)/p+1/t23-/m1/s1. The summed E-state index contributed by atoms with van der Waals surface area (Å²) in [4.78, 5) is 40.5. The van der Waals surface area contributed by atoms with Gasteiger partial charge in [0.25, 0.3) is 11.8 Å². The molecule has 0 bridgehead atoms. The van der Waals surface area contributed by atoms with Crippen LogP contribution in [0.2, 0.25) is 0 Å². The van der Waals surface area contributed by atoms with E-state index >= 15 is 0 Å². The number of ether oxygens (including phenoxy) is 1. The number of carbonyl (C=O) groups is 3. The molecule has 0 radical (unpaired) electrons. The summed E-state index contributed by atoms with van der Waals surface area (Å²) in [6.07, 6.45) is 0.802. The Bertz CT molecular complexity index is 950. The van der Waals surface area contributed by atoms with Gasteiger partial charge >= 0.3 is 6.03 Å². The maximum absolute atomic E-state index is 13.2. The van der Waals surface area contributed by atoms with E-state index in [1.165, 1.54) is 4.90 Å². The Morgan fingerprint density at radius 2 is 1.81 bits per heavy atom. The zero-order chi connectivity index (χ0) is 22.4. The Balaban J connectivity index is 1.70. The van der Waals surface area contributed by atoms with Crippen LogP contribution in [0.4, 0.5) is 10.5 Å². The number of methoxy groups -OCH3 is 1. The quantitative estimate of drug-likeness (QED) is 0.529. The molecule has 0 aliphatic carbocycles. The number of hydrogen-bond donors (Lipinski definition) is 3. The number of nitrogens with zero attached hydrogens (tertiary/aromatic N) is 1. The highest BCUT2D eigenvalue weighted by Gasteiger charge is 2.50. The van der Waals surface area contributed by atoms with Gasteiger partial charge in [0.2, 0.25) is 0 Å². The maximum atomic E-state index is 13.2. The minimum absolute atomic E-state index is 0.111. The van der Waals surface area contributed by atoms with Gasteiger partial charge in [0.15, 0.2) is 13.2 Å². The summed E-state index contributed by atoms with van der Waals surface area (Å²) in [5.74, 6) is 0.0360.